The van der Waals surface area contributed by atoms with Gasteiger partial charge in [0.2, 0.25) is 11.7 Å². The predicted octanol–water partition coefficient (Wildman–Crippen LogP) is -1.73. The Kier molecular flexibility index (Phi) is 7.55. The molecular formula is C23H32N4O11S. The number of benzene rings is 1. The van der Waals surface area contributed by atoms with Crippen LogP contribution in [0.3, 0.4) is 0 Å². The standard InChI is InChI=1S/C23H30N4O7.H2O4S/c1-26(2)12-7-11(24)18(30)17-10(12)5-9-6-13-22(21(25)33,27(3)4)14(28)8-15(29)23(13,34)20(32)16(9)19(17)31;1-5(2,3)4/h7,9,13-14,28,30-31,34H,5-6,8,24H2,1-4H3,(H2,25,33);(H2,1,2,3,4). The Hall–Kier alpha value is -3.28. The van der Waals surface area contributed by atoms with Crippen molar-refractivity contribution >= 4 is 45.0 Å². The van der Waals surface area contributed by atoms with Crippen LogP contribution in [0.2, 0.25) is 0 Å². The summed E-state index contributed by atoms with van der Waals surface area (Å²) in [4.78, 5) is 42.6. The number of aromatic hydroxyl groups is 1. The van der Waals surface area contributed by atoms with Crippen molar-refractivity contribution in [2.75, 3.05) is 38.8 Å². The number of primary amides is 1. The molecule has 5 atom stereocenters. The molecule has 5 unspecified atom stereocenters. The number of rotatable bonds is 3. The third-order valence-electron chi connectivity index (χ3n) is 7.84. The smallest absolute Gasteiger partial charge is 0.394 e. The molecule has 3 aliphatic carbocycles. The summed E-state index contributed by atoms with van der Waals surface area (Å²) in [6.45, 7) is 0. The van der Waals surface area contributed by atoms with Crippen LogP contribution in [0.15, 0.2) is 11.6 Å². The molecule has 2 fully saturated rings. The lowest BCUT2D eigenvalue weighted by molar-refractivity contribution is -0.193. The van der Waals surface area contributed by atoms with Gasteiger partial charge in [0, 0.05) is 37.7 Å². The van der Waals surface area contributed by atoms with E-state index in [1.54, 1.807) is 25.1 Å². The molecule has 0 bridgehead atoms. The van der Waals surface area contributed by atoms with Gasteiger partial charge in [0.15, 0.2) is 11.4 Å². The van der Waals surface area contributed by atoms with Gasteiger partial charge in [-0.05, 0) is 44.5 Å². The summed E-state index contributed by atoms with van der Waals surface area (Å²) < 4.78 is 31.6. The predicted molar refractivity (Wildman–Crippen MR) is 137 cm³/mol. The molecule has 0 aromatic heterocycles. The quantitative estimate of drug-likeness (QED) is 0.0866. The lowest BCUT2D eigenvalue weighted by Crippen LogP contribution is -2.78. The summed E-state index contributed by atoms with van der Waals surface area (Å²) in [6, 6.07) is 1.55. The Balaban J connectivity index is 0.000000771. The number of fused-ring (bicyclic) bond motifs is 3. The first-order valence-electron chi connectivity index (χ1n) is 11.6. The van der Waals surface area contributed by atoms with E-state index in [0.717, 1.165) is 0 Å². The number of carbonyl (C=O) groups is 3. The molecule has 1 aromatic rings. The molecular weight excluding hydrogens is 540 g/mol. The zero-order valence-electron chi connectivity index (χ0n) is 21.6. The normalized spacial score (nSPS) is 30.1. The second kappa shape index (κ2) is 9.72. The van der Waals surface area contributed by atoms with Crippen molar-refractivity contribution in [2.24, 2.45) is 17.6 Å². The van der Waals surface area contributed by atoms with Crippen molar-refractivity contribution in [2.45, 2.75) is 36.5 Å². The summed E-state index contributed by atoms with van der Waals surface area (Å²) in [7, 11) is 1.82. The Morgan fingerprint density at radius 1 is 1.10 bits per heavy atom. The van der Waals surface area contributed by atoms with E-state index in [0.29, 0.717) is 11.3 Å². The fourth-order valence-electron chi connectivity index (χ4n) is 6.27. The van der Waals surface area contributed by atoms with Gasteiger partial charge in [-0.15, -0.1) is 0 Å². The summed E-state index contributed by atoms with van der Waals surface area (Å²) in [5.74, 6) is -6.03. The zero-order chi connectivity index (χ0) is 30.0. The number of aliphatic hydroxyl groups is 3. The van der Waals surface area contributed by atoms with E-state index in [1.165, 1.54) is 19.0 Å². The van der Waals surface area contributed by atoms with Crippen LogP contribution in [0.5, 0.6) is 5.75 Å². The molecule has 10 N–H and O–H groups in total. The van der Waals surface area contributed by atoms with Crippen molar-refractivity contribution < 1.29 is 52.3 Å². The zero-order valence-corrected chi connectivity index (χ0v) is 22.4. The minimum Gasteiger partial charge on any atom is -0.507 e. The van der Waals surface area contributed by atoms with Crippen LogP contribution in [0, 0.1) is 11.8 Å². The highest BCUT2D eigenvalue weighted by molar-refractivity contribution is 7.79. The summed E-state index contributed by atoms with van der Waals surface area (Å²) >= 11 is 0. The number of hydrogen-bond acceptors (Lipinski definition) is 12. The molecule has 15 nitrogen and oxygen atoms in total. The first kappa shape index (κ1) is 30.3. The Morgan fingerprint density at radius 3 is 2.10 bits per heavy atom. The van der Waals surface area contributed by atoms with Gasteiger partial charge in [0.05, 0.1) is 17.4 Å². The number of Topliss-reactive ketones (excluding diaryl/α,β-unsaturated/α-hetero) is 2. The highest BCUT2D eigenvalue weighted by atomic mass is 32.3. The molecule has 0 aliphatic heterocycles. The van der Waals surface area contributed by atoms with Gasteiger partial charge in [0.25, 0.3) is 0 Å². The number of phenolic OH excluding ortho intramolecular Hbond substituents is 1. The maximum atomic E-state index is 13.7. The number of likely N-dealkylation sites (N-methyl/N-ethyl adjacent to an activating group) is 1. The summed E-state index contributed by atoms with van der Waals surface area (Å²) in [6.07, 6.45) is -2.15. The van der Waals surface area contributed by atoms with E-state index in [4.69, 9.17) is 29.0 Å². The topological polar surface area (TPSA) is 265 Å². The first-order chi connectivity index (χ1) is 17.7. The molecule has 4 rings (SSSR count). The average molecular weight is 573 g/mol. The molecule has 0 radical (unpaired) electrons. The van der Waals surface area contributed by atoms with E-state index in [2.05, 4.69) is 0 Å². The van der Waals surface area contributed by atoms with E-state index in [1.807, 2.05) is 0 Å². The molecule has 0 heterocycles. The third-order valence-corrected chi connectivity index (χ3v) is 7.84. The Labute approximate surface area is 223 Å². The average Bonchev–Trinajstić information content (AvgIpc) is 2.76. The van der Waals surface area contributed by atoms with Crippen molar-refractivity contribution in [3.63, 3.8) is 0 Å². The van der Waals surface area contributed by atoms with Crippen LogP contribution in [-0.2, 0) is 31.2 Å². The van der Waals surface area contributed by atoms with Crippen LogP contribution >= 0.6 is 0 Å². The molecule has 39 heavy (non-hydrogen) atoms. The summed E-state index contributed by atoms with van der Waals surface area (Å²) in [5, 5.41) is 44.2. The minimum absolute atomic E-state index is 0.00915. The largest absolute Gasteiger partial charge is 0.507 e. The van der Waals surface area contributed by atoms with Crippen molar-refractivity contribution in [3.8, 4) is 5.75 Å². The monoisotopic (exact) mass is 572 g/mol. The molecule has 1 aromatic carbocycles. The fourth-order valence-corrected chi connectivity index (χ4v) is 6.27. The number of anilines is 2. The highest BCUT2D eigenvalue weighted by Crippen LogP contribution is 2.55. The molecule has 1 amide bonds. The Morgan fingerprint density at radius 2 is 1.64 bits per heavy atom. The number of carbonyl (C=O) groups excluding carboxylic acids is 3. The number of nitrogen functional groups attached to an aromatic ring is 1. The molecule has 216 valence electrons. The molecule has 16 heteroatoms. The number of phenols is 1. The van der Waals surface area contributed by atoms with Crippen LogP contribution < -0.4 is 16.4 Å². The van der Waals surface area contributed by atoms with E-state index >= 15 is 0 Å². The van der Waals surface area contributed by atoms with Crippen molar-refractivity contribution in [3.05, 3.63) is 22.8 Å². The second-order valence-electron chi connectivity index (χ2n) is 10.3. The van der Waals surface area contributed by atoms with Crippen molar-refractivity contribution in [1.82, 2.24) is 4.90 Å². The number of amides is 1. The number of hydrogen-bond donors (Lipinski definition) is 8. The lowest BCUT2D eigenvalue weighted by Gasteiger charge is -2.57. The van der Waals surface area contributed by atoms with Gasteiger partial charge in [-0.3, -0.25) is 28.4 Å². The lowest BCUT2D eigenvalue weighted by atomic mass is 9.52. The van der Waals surface area contributed by atoms with Gasteiger partial charge in [-0.25, -0.2) is 0 Å². The number of aliphatic hydroxyl groups excluding tert-OH is 2. The fraction of sp³-hybridized carbons (Fsp3) is 0.522. The molecule has 0 spiro atoms. The summed E-state index contributed by atoms with van der Waals surface area (Å²) in [5.41, 5.74) is 7.98. The first-order valence-corrected chi connectivity index (χ1v) is 13.0. The minimum atomic E-state index is -4.67. The van der Waals surface area contributed by atoms with E-state index in [9.17, 15) is 34.8 Å². The Bertz CT molecular complexity index is 1380. The van der Waals surface area contributed by atoms with Gasteiger partial charge in [0.1, 0.15) is 17.0 Å². The van der Waals surface area contributed by atoms with Crippen LogP contribution in [0.1, 0.15) is 24.0 Å². The van der Waals surface area contributed by atoms with Gasteiger partial charge in [-0.2, -0.15) is 8.42 Å². The van der Waals surface area contributed by atoms with Crippen LogP contribution in [0.25, 0.3) is 5.76 Å². The van der Waals surface area contributed by atoms with Gasteiger partial charge < -0.3 is 36.8 Å². The number of nitrogens with zero attached hydrogens (tertiary/aromatic N) is 2. The van der Waals surface area contributed by atoms with Gasteiger partial charge in [-0.1, -0.05) is 0 Å². The van der Waals surface area contributed by atoms with Crippen molar-refractivity contribution in [1.29, 1.82) is 0 Å². The van der Waals surface area contributed by atoms with E-state index in [-0.39, 0.29) is 29.7 Å². The molecule has 0 saturated heterocycles. The van der Waals surface area contributed by atoms with E-state index < -0.39 is 74.9 Å². The highest BCUT2D eigenvalue weighted by Gasteiger charge is 2.71. The van der Waals surface area contributed by atoms with Gasteiger partial charge >= 0.3 is 10.4 Å². The maximum absolute atomic E-state index is 13.7. The molecule has 3 aliphatic rings. The molecule has 2 saturated carbocycles. The number of nitrogens with two attached hydrogens (primary N) is 2. The SMILES string of the molecule is CN(C)c1cc(N)c(O)c2c1CC1CC3C(O)(C(=O)CC(O)C3(C(N)=O)N(C)C)C(=O)C1=C2O.O=S(=O)(O)O. The second-order valence-corrected chi connectivity index (χ2v) is 11.2. The maximum Gasteiger partial charge on any atom is 0.394 e. The van der Waals surface area contributed by atoms with Crippen LogP contribution in [-0.4, -0.2) is 106 Å². The third kappa shape index (κ3) is 4.52. The van der Waals surface area contributed by atoms with Crippen LogP contribution in [0.4, 0.5) is 11.4 Å². The number of ketones is 2.